The molecule has 4 heterocycles. The molecule has 0 bridgehead atoms. The van der Waals surface area contributed by atoms with Crippen LogP contribution in [0.2, 0.25) is 0 Å². The number of nitrogens with zero attached hydrogens (tertiary/aromatic N) is 4. The average Bonchev–Trinajstić information content (AvgIpc) is 3.23. The Morgan fingerprint density at radius 1 is 1.10 bits per heavy atom. The molecule has 3 aromatic rings. The smallest absolute Gasteiger partial charge is 0.170 e. The number of hydrogen-bond acceptors (Lipinski definition) is 3. The van der Waals surface area contributed by atoms with E-state index in [1.165, 1.54) is 17.0 Å². The molecule has 6 heteroatoms. The van der Waals surface area contributed by atoms with E-state index in [1.807, 2.05) is 24.5 Å². The lowest BCUT2D eigenvalue weighted by atomic mass is 9.96. The molecule has 0 aromatic carbocycles. The summed E-state index contributed by atoms with van der Waals surface area (Å²) in [6, 6.07) is 12.7. The molecule has 1 aliphatic rings. The zero-order valence-electron chi connectivity index (χ0n) is 18.1. The number of thiocarbonyl (C=S) groups is 1. The van der Waals surface area contributed by atoms with Gasteiger partial charge in [0.05, 0.1) is 17.8 Å². The van der Waals surface area contributed by atoms with Crippen molar-refractivity contribution in [2.24, 2.45) is 0 Å². The number of nitrogens with one attached hydrogen (secondary N) is 1. The highest BCUT2D eigenvalue weighted by Crippen LogP contribution is 2.41. The van der Waals surface area contributed by atoms with Crippen molar-refractivity contribution in [1.82, 2.24) is 24.8 Å². The number of unbranched alkanes of at least 4 members (excludes halogenated alkanes) is 1. The summed E-state index contributed by atoms with van der Waals surface area (Å²) >= 11 is 5.77. The fourth-order valence-electron chi connectivity index (χ4n) is 4.35. The lowest BCUT2D eigenvalue weighted by Gasteiger charge is -2.28. The molecule has 0 aliphatic carbocycles. The monoisotopic (exact) mass is 419 g/mol. The molecular formula is C24H29N5S. The molecule has 1 aliphatic heterocycles. The molecule has 0 amide bonds. The van der Waals surface area contributed by atoms with Crippen LogP contribution in [-0.2, 0) is 0 Å². The van der Waals surface area contributed by atoms with Crippen LogP contribution in [0.5, 0.6) is 0 Å². The SMILES string of the molecule is CCCCN1C(=S)N[C@H](c2ccccn2)[C@@H]1c1cc(C)n(-c2ccc(C)cn2)c1C. The van der Waals surface area contributed by atoms with Crippen LogP contribution >= 0.6 is 12.2 Å². The van der Waals surface area contributed by atoms with E-state index in [0.29, 0.717) is 0 Å². The quantitative estimate of drug-likeness (QED) is 0.572. The maximum absolute atomic E-state index is 5.77. The Morgan fingerprint density at radius 3 is 2.60 bits per heavy atom. The van der Waals surface area contributed by atoms with Crippen molar-refractivity contribution in [2.45, 2.75) is 52.6 Å². The number of aromatic nitrogens is 3. The standard InChI is InChI=1S/C24H29N5S/c1-5-6-13-28-23(22(27-24(28)30)20-9-7-8-12-25-20)19-14-17(3)29(18(19)4)21-11-10-16(2)15-26-21/h7-12,14-15,22-23H,5-6,13H2,1-4H3,(H,27,30)/t22-,23+/m1/s1. The van der Waals surface area contributed by atoms with Gasteiger partial charge in [-0.15, -0.1) is 0 Å². The largest absolute Gasteiger partial charge is 0.352 e. The van der Waals surface area contributed by atoms with Crippen LogP contribution < -0.4 is 5.32 Å². The van der Waals surface area contributed by atoms with Crippen LogP contribution in [0.3, 0.4) is 0 Å². The predicted octanol–water partition coefficient (Wildman–Crippen LogP) is 4.97. The fourth-order valence-corrected chi connectivity index (χ4v) is 4.68. The lowest BCUT2D eigenvalue weighted by molar-refractivity contribution is 0.312. The zero-order valence-corrected chi connectivity index (χ0v) is 18.9. The Labute approximate surface area is 184 Å². The predicted molar refractivity (Wildman–Crippen MR) is 125 cm³/mol. The normalized spacial score (nSPS) is 18.7. The molecule has 30 heavy (non-hydrogen) atoms. The van der Waals surface area contributed by atoms with Crippen LogP contribution in [0, 0.1) is 20.8 Å². The molecule has 5 nitrogen and oxygen atoms in total. The molecule has 156 valence electrons. The van der Waals surface area contributed by atoms with Gasteiger partial charge < -0.3 is 14.8 Å². The summed E-state index contributed by atoms with van der Waals surface area (Å²) in [7, 11) is 0. The minimum Gasteiger partial charge on any atom is -0.352 e. The number of hydrogen-bond donors (Lipinski definition) is 1. The average molecular weight is 420 g/mol. The first-order chi connectivity index (χ1) is 14.5. The summed E-state index contributed by atoms with van der Waals surface area (Å²) in [6.45, 7) is 9.53. The lowest BCUT2D eigenvalue weighted by Crippen LogP contribution is -2.30. The molecule has 4 rings (SSSR count). The van der Waals surface area contributed by atoms with Crippen LogP contribution in [0.25, 0.3) is 5.82 Å². The Morgan fingerprint density at radius 2 is 1.93 bits per heavy atom. The second-order valence-electron chi connectivity index (χ2n) is 8.03. The molecule has 1 saturated heterocycles. The third-order valence-electron chi connectivity index (χ3n) is 5.86. The fraction of sp³-hybridized carbons (Fsp3) is 0.375. The highest BCUT2D eigenvalue weighted by atomic mass is 32.1. The van der Waals surface area contributed by atoms with Crippen LogP contribution in [0.4, 0.5) is 0 Å². The van der Waals surface area contributed by atoms with Gasteiger partial charge >= 0.3 is 0 Å². The first-order valence-electron chi connectivity index (χ1n) is 10.6. The second kappa shape index (κ2) is 8.56. The Hall–Kier alpha value is -2.73. The molecule has 3 aromatic heterocycles. The van der Waals surface area contributed by atoms with Gasteiger partial charge in [-0.05, 0) is 74.8 Å². The zero-order chi connectivity index (χ0) is 21.3. The van der Waals surface area contributed by atoms with E-state index in [0.717, 1.165) is 41.6 Å². The van der Waals surface area contributed by atoms with E-state index >= 15 is 0 Å². The van der Waals surface area contributed by atoms with Gasteiger partial charge in [0.15, 0.2) is 5.11 Å². The van der Waals surface area contributed by atoms with Crippen LogP contribution in [0.1, 0.15) is 60.1 Å². The van der Waals surface area contributed by atoms with E-state index in [9.17, 15) is 0 Å². The van der Waals surface area contributed by atoms with Gasteiger partial charge in [-0.3, -0.25) is 4.98 Å². The third-order valence-corrected chi connectivity index (χ3v) is 6.22. The topological polar surface area (TPSA) is 46.0 Å². The van der Waals surface area contributed by atoms with Gasteiger partial charge in [0.1, 0.15) is 5.82 Å². The molecule has 0 unspecified atom stereocenters. The number of rotatable bonds is 6. The van der Waals surface area contributed by atoms with Gasteiger partial charge in [-0.25, -0.2) is 4.98 Å². The minimum atomic E-state index is 0.0236. The van der Waals surface area contributed by atoms with Crippen molar-refractivity contribution in [1.29, 1.82) is 0 Å². The van der Waals surface area contributed by atoms with Crippen molar-refractivity contribution in [3.8, 4) is 5.82 Å². The molecule has 0 saturated carbocycles. The number of aryl methyl sites for hydroxylation is 2. The maximum atomic E-state index is 5.77. The molecule has 0 radical (unpaired) electrons. The highest BCUT2D eigenvalue weighted by Gasteiger charge is 2.41. The van der Waals surface area contributed by atoms with Gasteiger partial charge in [0, 0.05) is 30.3 Å². The van der Waals surface area contributed by atoms with Gasteiger partial charge in [-0.1, -0.05) is 25.5 Å². The van der Waals surface area contributed by atoms with Gasteiger partial charge in [0.25, 0.3) is 0 Å². The molecule has 1 N–H and O–H groups in total. The first-order valence-corrected chi connectivity index (χ1v) is 11.0. The summed E-state index contributed by atoms with van der Waals surface area (Å²) < 4.78 is 2.24. The van der Waals surface area contributed by atoms with E-state index in [-0.39, 0.29) is 12.1 Å². The summed E-state index contributed by atoms with van der Waals surface area (Å²) in [6.07, 6.45) is 6.01. The summed E-state index contributed by atoms with van der Waals surface area (Å²) in [5, 5.41) is 4.36. The number of pyridine rings is 2. The Kier molecular flexibility index (Phi) is 5.86. The van der Waals surface area contributed by atoms with Crippen LogP contribution in [-0.4, -0.2) is 31.1 Å². The summed E-state index contributed by atoms with van der Waals surface area (Å²) in [5.41, 5.74) is 5.82. The van der Waals surface area contributed by atoms with E-state index in [1.54, 1.807) is 0 Å². The van der Waals surface area contributed by atoms with Crippen molar-refractivity contribution in [3.05, 3.63) is 77.0 Å². The summed E-state index contributed by atoms with van der Waals surface area (Å²) in [5.74, 6) is 0.949. The van der Waals surface area contributed by atoms with Gasteiger partial charge in [0.2, 0.25) is 0 Å². The van der Waals surface area contributed by atoms with Crippen molar-refractivity contribution >= 4 is 17.3 Å². The van der Waals surface area contributed by atoms with Crippen LogP contribution in [0.15, 0.2) is 48.8 Å². The molecular weight excluding hydrogens is 390 g/mol. The van der Waals surface area contributed by atoms with Crippen molar-refractivity contribution in [2.75, 3.05) is 6.54 Å². The van der Waals surface area contributed by atoms with Crippen molar-refractivity contribution < 1.29 is 0 Å². The Balaban J connectivity index is 1.81. The Bertz CT molecular complexity index is 1030. The maximum Gasteiger partial charge on any atom is 0.170 e. The second-order valence-corrected chi connectivity index (χ2v) is 8.42. The summed E-state index contributed by atoms with van der Waals surface area (Å²) in [4.78, 5) is 11.7. The third kappa shape index (κ3) is 3.72. The molecule has 0 spiro atoms. The molecule has 2 atom stereocenters. The first kappa shape index (κ1) is 20.5. The van der Waals surface area contributed by atoms with E-state index < -0.39 is 0 Å². The minimum absolute atomic E-state index is 0.0236. The van der Waals surface area contributed by atoms with Gasteiger partial charge in [-0.2, -0.15) is 0 Å². The van der Waals surface area contributed by atoms with Crippen molar-refractivity contribution in [3.63, 3.8) is 0 Å². The van der Waals surface area contributed by atoms with E-state index in [4.69, 9.17) is 12.2 Å². The highest BCUT2D eigenvalue weighted by molar-refractivity contribution is 7.80. The van der Waals surface area contributed by atoms with E-state index in [2.05, 4.69) is 76.7 Å². The molecule has 1 fully saturated rings.